The van der Waals surface area contributed by atoms with E-state index in [2.05, 4.69) is 0 Å². The number of hydrogen-bond acceptors (Lipinski definition) is 3. The van der Waals surface area contributed by atoms with E-state index >= 15 is 0 Å². The number of nitro groups is 1. The third-order valence-electron chi connectivity index (χ3n) is 4.03. The zero-order valence-electron chi connectivity index (χ0n) is 10.1. The van der Waals surface area contributed by atoms with Crippen LogP contribution in [0, 0.1) is 22.5 Å². The number of nitrogens with zero attached hydrogens (tertiary/aromatic N) is 1. The smallest absolute Gasteiger partial charge is 0.272 e. The standard InChI is InChI=1S/C13H18N2O2/c1-10-11(4-2-5-12(10)15(16)17)8-13(9-14)6-3-7-13/h2,4-5H,3,6-9,14H2,1H3. The largest absolute Gasteiger partial charge is 0.330 e. The van der Waals surface area contributed by atoms with Gasteiger partial charge in [0, 0.05) is 11.6 Å². The second-order valence-electron chi connectivity index (χ2n) is 5.05. The first-order valence-corrected chi connectivity index (χ1v) is 6.01. The van der Waals surface area contributed by atoms with Crippen LogP contribution in [0.2, 0.25) is 0 Å². The summed E-state index contributed by atoms with van der Waals surface area (Å²) in [5.74, 6) is 0. The van der Waals surface area contributed by atoms with Gasteiger partial charge in [-0.25, -0.2) is 0 Å². The molecule has 0 atom stereocenters. The average molecular weight is 234 g/mol. The van der Waals surface area contributed by atoms with Crippen molar-refractivity contribution in [3.05, 3.63) is 39.4 Å². The minimum absolute atomic E-state index is 0.194. The Balaban J connectivity index is 2.27. The summed E-state index contributed by atoms with van der Waals surface area (Å²) < 4.78 is 0. The van der Waals surface area contributed by atoms with Gasteiger partial charge in [-0.2, -0.15) is 0 Å². The molecule has 0 aliphatic heterocycles. The van der Waals surface area contributed by atoms with Crippen LogP contribution >= 0.6 is 0 Å². The molecule has 1 aromatic rings. The van der Waals surface area contributed by atoms with Gasteiger partial charge < -0.3 is 5.73 Å². The molecule has 2 rings (SSSR count). The topological polar surface area (TPSA) is 69.2 Å². The van der Waals surface area contributed by atoms with E-state index in [1.54, 1.807) is 12.1 Å². The van der Waals surface area contributed by atoms with Crippen molar-refractivity contribution in [2.45, 2.75) is 32.6 Å². The van der Waals surface area contributed by atoms with Crippen molar-refractivity contribution in [3.63, 3.8) is 0 Å². The van der Waals surface area contributed by atoms with Crippen molar-refractivity contribution in [1.29, 1.82) is 0 Å². The van der Waals surface area contributed by atoms with Crippen LogP contribution in [0.4, 0.5) is 5.69 Å². The molecule has 0 aromatic heterocycles. The van der Waals surface area contributed by atoms with Gasteiger partial charge >= 0.3 is 0 Å². The van der Waals surface area contributed by atoms with Gasteiger partial charge in [0.1, 0.15) is 0 Å². The maximum atomic E-state index is 10.9. The Labute approximate surface area is 101 Å². The average Bonchev–Trinajstić information content (AvgIpc) is 2.25. The van der Waals surface area contributed by atoms with Crippen molar-refractivity contribution in [1.82, 2.24) is 0 Å². The Kier molecular flexibility index (Phi) is 3.15. The number of rotatable bonds is 4. The maximum Gasteiger partial charge on any atom is 0.272 e. The third kappa shape index (κ3) is 2.17. The first kappa shape index (κ1) is 12.0. The fourth-order valence-electron chi connectivity index (χ4n) is 2.59. The van der Waals surface area contributed by atoms with E-state index in [1.807, 2.05) is 13.0 Å². The summed E-state index contributed by atoms with van der Waals surface area (Å²) in [5.41, 5.74) is 8.10. The zero-order chi connectivity index (χ0) is 12.5. The first-order chi connectivity index (χ1) is 8.08. The molecule has 1 fully saturated rings. The Bertz CT molecular complexity index is 434. The van der Waals surface area contributed by atoms with E-state index in [0.29, 0.717) is 6.54 Å². The van der Waals surface area contributed by atoms with Crippen molar-refractivity contribution in [3.8, 4) is 0 Å². The number of benzene rings is 1. The summed E-state index contributed by atoms with van der Waals surface area (Å²) in [6, 6.07) is 5.32. The fraction of sp³-hybridized carbons (Fsp3) is 0.538. The van der Waals surface area contributed by atoms with Crippen molar-refractivity contribution in [2.24, 2.45) is 11.1 Å². The van der Waals surface area contributed by atoms with E-state index in [-0.39, 0.29) is 16.0 Å². The lowest BCUT2D eigenvalue weighted by atomic mass is 9.65. The zero-order valence-corrected chi connectivity index (χ0v) is 10.1. The number of hydrogen-bond donors (Lipinski definition) is 1. The normalized spacial score (nSPS) is 17.5. The van der Waals surface area contributed by atoms with E-state index in [4.69, 9.17) is 5.73 Å². The summed E-state index contributed by atoms with van der Waals surface area (Å²) in [6.45, 7) is 2.51. The first-order valence-electron chi connectivity index (χ1n) is 6.01. The second-order valence-corrected chi connectivity index (χ2v) is 5.05. The van der Waals surface area contributed by atoms with Gasteiger partial charge in [-0.15, -0.1) is 0 Å². The summed E-state index contributed by atoms with van der Waals surface area (Å²) in [4.78, 5) is 10.6. The van der Waals surface area contributed by atoms with Crippen LogP contribution in [-0.4, -0.2) is 11.5 Å². The third-order valence-corrected chi connectivity index (χ3v) is 4.03. The molecule has 0 unspecified atom stereocenters. The highest BCUT2D eigenvalue weighted by Crippen LogP contribution is 2.43. The molecule has 1 saturated carbocycles. The molecule has 0 radical (unpaired) electrons. The van der Waals surface area contributed by atoms with Crippen LogP contribution in [0.25, 0.3) is 0 Å². The minimum atomic E-state index is -0.311. The van der Waals surface area contributed by atoms with E-state index in [9.17, 15) is 10.1 Å². The molecule has 2 N–H and O–H groups in total. The molecule has 1 aliphatic carbocycles. The van der Waals surface area contributed by atoms with E-state index in [1.165, 1.54) is 6.42 Å². The van der Waals surface area contributed by atoms with Crippen molar-refractivity contribution < 1.29 is 4.92 Å². The van der Waals surface area contributed by atoms with Gasteiger partial charge in [-0.1, -0.05) is 18.6 Å². The lowest BCUT2D eigenvalue weighted by Crippen LogP contribution is -2.39. The molecule has 92 valence electrons. The Hall–Kier alpha value is -1.42. The highest BCUT2D eigenvalue weighted by atomic mass is 16.6. The van der Waals surface area contributed by atoms with Gasteiger partial charge in [-0.05, 0) is 43.7 Å². The van der Waals surface area contributed by atoms with Crippen LogP contribution in [0.15, 0.2) is 18.2 Å². The van der Waals surface area contributed by atoms with Gasteiger partial charge in [-0.3, -0.25) is 10.1 Å². The van der Waals surface area contributed by atoms with Crippen LogP contribution < -0.4 is 5.73 Å². The summed E-state index contributed by atoms with van der Waals surface area (Å²) in [5, 5.41) is 10.9. The van der Waals surface area contributed by atoms with Crippen LogP contribution in [-0.2, 0) is 6.42 Å². The molecule has 0 heterocycles. The van der Waals surface area contributed by atoms with Crippen LogP contribution in [0.5, 0.6) is 0 Å². The lowest BCUT2D eigenvalue weighted by molar-refractivity contribution is -0.385. The molecule has 1 aromatic carbocycles. The molecule has 4 heteroatoms. The molecule has 0 bridgehead atoms. The molecule has 0 spiro atoms. The van der Waals surface area contributed by atoms with Crippen molar-refractivity contribution in [2.75, 3.05) is 6.54 Å². The SMILES string of the molecule is Cc1c(CC2(CN)CCC2)cccc1[N+](=O)[O-]. The predicted octanol–water partition coefficient (Wildman–Crippen LogP) is 2.57. The molecular weight excluding hydrogens is 216 g/mol. The summed E-state index contributed by atoms with van der Waals surface area (Å²) in [6.07, 6.45) is 4.39. The molecule has 4 nitrogen and oxygen atoms in total. The Morgan fingerprint density at radius 2 is 2.18 bits per heavy atom. The van der Waals surface area contributed by atoms with E-state index < -0.39 is 0 Å². The number of nitrogens with two attached hydrogens (primary N) is 1. The Morgan fingerprint density at radius 3 is 2.65 bits per heavy atom. The van der Waals surface area contributed by atoms with Crippen LogP contribution in [0.3, 0.4) is 0 Å². The van der Waals surface area contributed by atoms with Crippen LogP contribution in [0.1, 0.15) is 30.4 Å². The van der Waals surface area contributed by atoms with Crippen molar-refractivity contribution >= 4 is 5.69 Å². The Morgan fingerprint density at radius 1 is 1.47 bits per heavy atom. The highest BCUT2D eigenvalue weighted by molar-refractivity contribution is 5.45. The van der Waals surface area contributed by atoms with Gasteiger partial charge in [0.25, 0.3) is 5.69 Å². The maximum absolute atomic E-state index is 10.9. The monoisotopic (exact) mass is 234 g/mol. The van der Waals surface area contributed by atoms with Gasteiger partial charge in [0.2, 0.25) is 0 Å². The predicted molar refractivity (Wildman–Crippen MR) is 66.9 cm³/mol. The quantitative estimate of drug-likeness (QED) is 0.643. The molecule has 0 saturated heterocycles. The summed E-state index contributed by atoms with van der Waals surface area (Å²) >= 11 is 0. The fourth-order valence-corrected chi connectivity index (χ4v) is 2.59. The lowest BCUT2D eigenvalue weighted by Gasteiger charge is -2.41. The molecule has 1 aliphatic rings. The summed E-state index contributed by atoms with van der Waals surface area (Å²) in [7, 11) is 0. The minimum Gasteiger partial charge on any atom is -0.330 e. The van der Waals surface area contributed by atoms with Gasteiger partial charge in [0.05, 0.1) is 4.92 Å². The molecule has 17 heavy (non-hydrogen) atoms. The molecular formula is C13H18N2O2. The van der Waals surface area contributed by atoms with Gasteiger partial charge in [0.15, 0.2) is 0 Å². The number of nitro benzene ring substituents is 1. The van der Waals surface area contributed by atoms with E-state index in [0.717, 1.165) is 30.4 Å². The molecule has 0 amide bonds. The second kappa shape index (κ2) is 4.45. The highest BCUT2D eigenvalue weighted by Gasteiger charge is 2.36.